The van der Waals surface area contributed by atoms with Gasteiger partial charge in [-0.3, -0.25) is 4.79 Å². The second-order valence-corrected chi connectivity index (χ2v) is 4.69. The zero-order chi connectivity index (χ0) is 10.0. The zero-order valence-corrected chi connectivity index (χ0v) is 9.13. The summed E-state index contributed by atoms with van der Waals surface area (Å²) in [7, 11) is 0. The quantitative estimate of drug-likeness (QED) is 0.756. The fourth-order valence-corrected chi connectivity index (χ4v) is 2.11. The van der Waals surface area contributed by atoms with Crippen LogP contribution < -0.4 is 5.32 Å². The lowest BCUT2D eigenvalue weighted by Crippen LogP contribution is -2.39. The lowest BCUT2D eigenvalue weighted by molar-refractivity contribution is -0.124. The molecule has 2 nitrogen and oxygen atoms in total. The van der Waals surface area contributed by atoms with Crippen LogP contribution >= 0.6 is 0 Å². The molecule has 2 atom stereocenters. The first-order valence-electron chi connectivity index (χ1n) is 5.31. The third-order valence-electron chi connectivity index (χ3n) is 3.00. The highest BCUT2D eigenvalue weighted by molar-refractivity contribution is 5.86. The maximum Gasteiger partial charge on any atom is 0.152 e. The van der Waals surface area contributed by atoms with Crippen molar-refractivity contribution < 1.29 is 4.79 Å². The molecule has 0 bridgehead atoms. The highest BCUT2D eigenvalue weighted by Crippen LogP contribution is 2.25. The summed E-state index contributed by atoms with van der Waals surface area (Å²) in [4.78, 5) is 11.8. The normalized spacial score (nSPS) is 26.7. The molecule has 0 aromatic rings. The van der Waals surface area contributed by atoms with Crippen molar-refractivity contribution in [1.29, 1.82) is 0 Å². The number of nitrogens with one attached hydrogen (secondary N) is 1. The van der Waals surface area contributed by atoms with Crippen molar-refractivity contribution in [1.82, 2.24) is 5.32 Å². The number of ketones is 1. The molecule has 0 radical (unpaired) electrons. The van der Waals surface area contributed by atoms with Crippen molar-refractivity contribution >= 4 is 5.78 Å². The van der Waals surface area contributed by atoms with Crippen LogP contribution in [0.15, 0.2) is 0 Å². The van der Waals surface area contributed by atoms with Gasteiger partial charge in [0.15, 0.2) is 5.78 Å². The molecule has 2 unspecified atom stereocenters. The van der Waals surface area contributed by atoms with Gasteiger partial charge in [-0.05, 0) is 24.8 Å². The fourth-order valence-electron chi connectivity index (χ4n) is 2.11. The van der Waals surface area contributed by atoms with Crippen molar-refractivity contribution in [3.05, 3.63) is 0 Å². The van der Waals surface area contributed by atoms with Gasteiger partial charge >= 0.3 is 0 Å². The minimum Gasteiger partial charge on any atom is -0.307 e. The molecule has 14 heavy (non-hydrogen) atoms. The average molecular weight is 199 g/mol. The first-order valence-corrected chi connectivity index (χ1v) is 5.31. The largest absolute Gasteiger partial charge is 0.307 e. The van der Waals surface area contributed by atoms with Crippen molar-refractivity contribution in [3.8, 4) is 0 Å². The number of hydrogen-bond acceptors (Lipinski definition) is 2. The third-order valence-corrected chi connectivity index (χ3v) is 3.00. The van der Waals surface area contributed by atoms with E-state index in [9.17, 15) is 4.79 Å². The van der Waals surface area contributed by atoms with Gasteiger partial charge in [-0.1, -0.05) is 35.1 Å². The first kappa shape index (κ1) is 13.6. The Labute approximate surface area is 88.5 Å². The number of Topliss-reactive ketones (excluding diaryl/α,β-unsaturated/α-hetero) is 1. The summed E-state index contributed by atoms with van der Waals surface area (Å²) >= 11 is 0. The van der Waals surface area contributed by atoms with E-state index in [1.54, 1.807) is 0 Å². The van der Waals surface area contributed by atoms with Crippen LogP contribution in [0.25, 0.3) is 0 Å². The molecular weight excluding hydrogens is 174 g/mol. The van der Waals surface area contributed by atoms with Gasteiger partial charge < -0.3 is 5.32 Å². The molecular formula is C12H25NO. The van der Waals surface area contributed by atoms with E-state index in [2.05, 4.69) is 19.2 Å². The fraction of sp³-hybridized carbons (Fsp3) is 0.917. The van der Waals surface area contributed by atoms with E-state index in [0.717, 1.165) is 13.0 Å². The van der Waals surface area contributed by atoms with Crippen LogP contribution in [0.5, 0.6) is 0 Å². The maximum absolute atomic E-state index is 11.8. The monoisotopic (exact) mass is 199 g/mol. The molecule has 1 fully saturated rings. The Morgan fingerprint density at radius 1 is 1.29 bits per heavy atom. The predicted octanol–water partition coefficient (Wildman–Crippen LogP) is 2.48. The van der Waals surface area contributed by atoms with Gasteiger partial charge in [-0.2, -0.15) is 0 Å². The smallest absolute Gasteiger partial charge is 0.152 e. The molecule has 84 valence electrons. The highest BCUT2D eigenvalue weighted by atomic mass is 16.1. The second kappa shape index (κ2) is 5.50. The Morgan fingerprint density at radius 3 is 2.29 bits per heavy atom. The molecule has 1 aliphatic rings. The molecule has 0 spiro atoms. The summed E-state index contributed by atoms with van der Waals surface area (Å²) < 4.78 is 0. The molecule has 0 aliphatic carbocycles. The van der Waals surface area contributed by atoms with Gasteiger partial charge in [-0.25, -0.2) is 0 Å². The van der Waals surface area contributed by atoms with E-state index in [1.165, 1.54) is 0 Å². The van der Waals surface area contributed by atoms with E-state index < -0.39 is 0 Å². The van der Waals surface area contributed by atoms with Crippen LogP contribution in [0.3, 0.4) is 0 Å². The molecule has 1 aliphatic heterocycles. The Hall–Kier alpha value is -0.370. The summed E-state index contributed by atoms with van der Waals surface area (Å²) in [6.07, 6.45) is 1.15. The maximum atomic E-state index is 11.8. The summed E-state index contributed by atoms with van der Waals surface area (Å²) in [5.41, 5.74) is 0. The summed E-state index contributed by atoms with van der Waals surface area (Å²) in [6.45, 7) is 9.39. The summed E-state index contributed by atoms with van der Waals surface area (Å²) in [5.74, 6) is 1.71. The van der Waals surface area contributed by atoms with E-state index >= 15 is 0 Å². The Bertz CT molecular complexity index is 187. The molecule has 1 saturated heterocycles. The van der Waals surface area contributed by atoms with E-state index in [-0.39, 0.29) is 19.4 Å². The van der Waals surface area contributed by atoms with E-state index in [1.807, 2.05) is 13.8 Å². The van der Waals surface area contributed by atoms with E-state index in [4.69, 9.17) is 0 Å². The second-order valence-electron chi connectivity index (χ2n) is 4.69. The van der Waals surface area contributed by atoms with Crippen molar-refractivity contribution in [2.45, 2.75) is 47.6 Å². The van der Waals surface area contributed by atoms with Crippen LogP contribution in [0.4, 0.5) is 0 Å². The van der Waals surface area contributed by atoms with Crippen LogP contribution in [-0.4, -0.2) is 18.4 Å². The highest BCUT2D eigenvalue weighted by Gasteiger charge is 2.34. The minimum atomic E-state index is 0. The molecule has 1 heterocycles. The molecule has 0 aromatic carbocycles. The van der Waals surface area contributed by atoms with Crippen LogP contribution in [0.1, 0.15) is 41.5 Å². The molecule has 1 N–H and O–H groups in total. The lowest BCUT2D eigenvalue weighted by Gasteiger charge is -2.23. The topological polar surface area (TPSA) is 29.1 Å². The first-order chi connectivity index (χ1) is 6.04. The average Bonchev–Trinajstić information content (AvgIpc) is 2.50. The van der Waals surface area contributed by atoms with Gasteiger partial charge in [0.25, 0.3) is 0 Å². The van der Waals surface area contributed by atoms with Crippen LogP contribution in [-0.2, 0) is 4.79 Å². The molecule has 2 heteroatoms. The predicted molar refractivity (Wildman–Crippen MR) is 61.3 cm³/mol. The lowest BCUT2D eigenvalue weighted by atomic mass is 9.84. The number of hydrogen-bond donors (Lipinski definition) is 1. The standard InChI is InChI=1S/C11H21NO.CH4/c1-7(2)9-5-6-12-10(9)11(13)8(3)4;/h7-10,12H,5-6H2,1-4H3;1H4. The van der Waals surface area contributed by atoms with Crippen LogP contribution in [0.2, 0.25) is 0 Å². The Morgan fingerprint density at radius 2 is 1.86 bits per heavy atom. The van der Waals surface area contributed by atoms with Crippen molar-refractivity contribution in [2.75, 3.05) is 6.54 Å². The number of carbonyl (C=O) groups is 1. The third kappa shape index (κ3) is 2.81. The molecule has 0 saturated carbocycles. The van der Waals surface area contributed by atoms with E-state index in [0.29, 0.717) is 17.6 Å². The molecule has 1 rings (SSSR count). The molecule has 0 aromatic heterocycles. The zero-order valence-electron chi connectivity index (χ0n) is 9.13. The molecule has 0 amide bonds. The Balaban J connectivity index is 0.00000169. The van der Waals surface area contributed by atoms with Gasteiger partial charge in [-0.15, -0.1) is 0 Å². The Kier molecular flexibility index (Phi) is 5.35. The van der Waals surface area contributed by atoms with Gasteiger partial charge in [0.1, 0.15) is 0 Å². The summed E-state index contributed by atoms with van der Waals surface area (Å²) in [5, 5.41) is 3.32. The van der Waals surface area contributed by atoms with Crippen molar-refractivity contribution in [3.63, 3.8) is 0 Å². The number of rotatable bonds is 3. The van der Waals surface area contributed by atoms with Gasteiger partial charge in [0, 0.05) is 5.92 Å². The van der Waals surface area contributed by atoms with Gasteiger partial charge in [0.2, 0.25) is 0 Å². The number of carbonyl (C=O) groups excluding carboxylic acids is 1. The SMILES string of the molecule is C.CC(C)C(=O)C1NCCC1C(C)C. The minimum absolute atomic E-state index is 0. The van der Waals surface area contributed by atoms with Gasteiger partial charge in [0.05, 0.1) is 6.04 Å². The van der Waals surface area contributed by atoms with Crippen molar-refractivity contribution in [2.24, 2.45) is 17.8 Å². The van der Waals surface area contributed by atoms with Crippen LogP contribution in [0, 0.1) is 17.8 Å². The summed E-state index contributed by atoms with van der Waals surface area (Å²) in [6, 6.07) is 0.125.